The van der Waals surface area contributed by atoms with Gasteiger partial charge in [0.05, 0.1) is 11.1 Å². The van der Waals surface area contributed by atoms with Gasteiger partial charge >= 0.3 is 11.9 Å². The highest BCUT2D eigenvalue weighted by molar-refractivity contribution is 6.09. The summed E-state index contributed by atoms with van der Waals surface area (Å²) in [5.41, 5.74) is 3.55. The van der Waals surface area contributed by atoms with E-state index in [4.69, 9.17) is 13.6 Å². The molecule has 2 aliphatic carbocycles. The van der Waals surface area contributed by atoms with Crippen LogP contribution in [0.3, 0.4) is 0 Å². The number of fused-ring (bicyclic) bond motifs is 4. The van der Waals surface area contributed by atoms with Crippen LogP contribution in [0.2, 0.25) is 0 Å². The lowest BCUT2D eigenvalue weighted by molar-refractivity contribution is 0.0686. The summed E-state index contributed by atoms with van der Waals surface area (Å²) in [4.78, 5) is 50.9. The van der Waals surface area contributed by atoms with Crippen molar-refractivity contribution in [1.82, 2.24) is 0 Å². The van der Waals surface area contributed by atoms with E-state index in [0.717, 1.165) is 5.56 Å². The zero-order chi connectivity index (χ0) is 41.4. The second-order valence-electron chi connectivity index (χ2n) is 16.5. The van der Waals surface area contributed by atoms with Crippen molar-refractivity contribution >= 4 is 33.9 Å². The van der Waals surface area contributed by atoms with Crippen LogP contribution in [0.1, 0.15) is 73.4 Å². The van der Waals surface area contributed by atoms with Crippen molar-refractivity contribution in [2.75, 3.05) is 0 Å². The van der Waals surface area contributed by atoms with Crippen LogP contribution in [-0.2, 0) is 10.8 Å². The summed E-state index contributed by atoms with van der Waals surface area (Å²) in [5, 5.41) is 32.5. The summed E-state index contributed by atoms with van der Waals surface area (Å²) in [6.45, 7) is 11.9. The van der Waals surface area contributed by atoms with Gasteiger partial charge < -0.3 is 28.9 Å². The summed E-state index contributed by atoms with van der Waals surface area (Å²) in [7, 11) is 0. The Labute approximate surface area is 331 Å². The van der Waals surface area contributed by atoms with Crippen LogP contribution < -0.4 is 15.6 Å². The molecule has 0 saturated carbocycles. The zero-order valence-electron chi connectivity index (χ0n) is 32.5. The summed E-state index contributed by atoms with van der Waals surface area (Å²) >= 11 is 0. The minimum atomic E-state index is -1.23. The molecule has 10 heteroatoms. The number of phenols is 1. The maximum absolute atomic E-state index is 13.1. The van der Waals surface area contributed by atoms with E-state index in [2.05, 4.69) is 0 Å². The van der Waals surface area contributed by atoms with Gasteiger partial charge in [-0.05, 0) is 94.3 Å². The highest BCUT2D eigenvalue weighted by Crippen LogP contribution is 2.47. The van der Waals surface area contributed by atoms with E-state index in [1.165, 1.54) is 42.5 Å². The van der Waals surface area contributed by atoms with Crippen LogP contribution in [0.25, 0.3) is 66.8 Å². The standard InChI is InChI=1S/C48H38O10/c1-47(2,3)24-7-12-29(35(17-24)45(52)53)43-30-13-8-25(49)18-38(30)58-41-21-28(11-16-33(41)43)56-42-23-36(46(54)55)34(22-37(42)48(4,5)6)44-31-14-9-26(50)19-39(31)57-40-20-27(51)10-15-32(40)44/h7-23,50H,1-6H3,(H,52,53)(H,54,55). The lowest BCUT2D eigenvalue weighted by Crippen LogP contribution is -2.15. The van der Waals surface area contributed by atoms with Gasteiger partial charge in [-0.3, -0.25) is 9.59 Å². The van der Waals surface area contributed by atoms with Crippen molar-refractivity contribution < 1.29 is 38.5 Å². The average molecular weight is 775 g/mol. The quantitative estimate of drug-likeness (QED) is 0.138. The molecule has 0 saturated heterocycles. The Morgan fingerprint density at radius 1 is 0.552 bits per heavy atom. The first-order valence-corrected chi connectivity index (χ1v) is 18.6. The molecule has 4 aromatic rings. The Kier molecular flexibility index (Phi) is 8.76. The number of benzene rings is 6. The van der Waals surface area contributed by atoms with Crippen molar-refractivity contribution in [1.29, 1.82) is 0 Å². The van der Waals surface area contributed by atoms with Crippen LogP contribution in [0.15, 0.2) is 122 Å². The normalized spacial score (nSPS) is 12.1. The van der Waals surface area contributed by atoms with E-state index in [-0.39, 0.29) is 56.0 Å². The van der Waals surface area contributed by atoms with Crippen LogP contribution in [0.5, 0.6) is 17.2 Å². The van der Waals surface area contributed by atoms with Gasteiger partial charge in [-0.2, -0.15) is 0 Å². The Hall–Kier alpha value is -7.20. The Morgan fingerprint density at radius 3 is 1.66 bits per heavy atom. The van der Waals surface area contributed by atoms with E-state index in [1.807, 2.05) is 47.6 Å². The fourth-order valence-corrected chi connectivity index (χ4v) is 7.52. The van der Waals surface area contributed by atoms with Crippen molar-refractivity contribution in [2.24, 2.45) is 0 Å². The van der Waals surface area contributed by atoms with E-state index in [0.29, 0.717) is 61.0 Å². The molecule has 10 nitrogen and oxygen atoms in total. The molecule has 4 aliphatic rings. The molecular weight excluding hydrogens is 737 g/mol. The topological polar surface area (TPSA) is 164 Å². The van der Waals surface area contributed by atoms with E-state index < -0.39 is 17.4 Å². The summed E-state index contributed by atoms with van der Waals surface area (Å²) in [5.74, 6) is -1.36. The van der Waals surface area contributed by atoms with E-state index in [9.17, 15) is 34.5 Å². The maximum Gasteiger partial charge on any atom is 0.336 e. The number of phenolic OH excluding ortho intramolecular Hbond substituents is 1. The predicted octanol–water partition coefficient (Wildman–Crippen LogP) is 10.9. The number of aromatic carboxylic acids is 2. The molecule has 2 heterocycles. The molecular formula is C48H38O10. The van der Waals surface area contributed by atoms with Crippen molar-refractivity contribution in [3.63, 3.8) is 0 Å². The summed E-state index contributed by atoms with van der Waals surface area (Å²) in [6.07, 6.45) is 0. The number of ether oxygens (including phenoxy) is 1. The molecule has 8 rings (SSSR count). The lowest BCUT2D eigenvalue weighted by atomic mass is 9.81. The monoisotopic (exact) mass is 774 g/mol. The number of aromatic hydroxyl groups is 1. The third kappa shape index (κ3) is 6.62. The first-order valence-electron chi connectivity index (χ1n) is 18.6. The fraction of sp³-hybridized carbons (Fsp3) is 0.167. The van der Waals surface area contributed by atoms with Gasteiger partial charge in [0.1, 0.15) is 39.9 Å². The minimum Gasteiger partial charge on any atom is -0.508 e. The van der Waals surface area contributed by atoms with Gasteiger partial charge in [0.25, 0.3) is 0 Å². The maximum atomic E-state index is 13.1. The summed E-state index contributed by atoms with van der Waals surface area (Å²) in [6, 6.07) is 26.9. The number of hydrogen-bond donors (Lipinski definition) is 3. The molecule has 0 amide bonds. The van der Waals surface area contributed by atoms with Gasteiger partial charge in [-0.1, -0.05) is 53.7 Å². The SMILES string of the molecule is CC(C)(C)c1ccc(-c2c3ccc(=O)cc-3oc3cc(Oc4cc(C(=O)O)c(-c5c6ccc(=O)cc-6oc6cc(O)ccc56)cc4C(C)(C)C)ccc23)c(C(=O)O)c1. The molecule has 290 valence electrons. The molecule has 0 aromatic heterocycles. The predicted molar refractivity (Wildman–Crippen MR) is 222 cm³/mol. The van der Waals surface area contributed by atoms with Crippen LogP contribution in [0, 0.1) is 0 Å². The highest BCUT2D eigenvalue weighted by atomic mass is 16.5. The second-order valence-corrected chi connectivity index (χ2v) is 16.5. The number of rotatable bonds is 6. The van der Waals surface area contributed by atoms with Gasteiger partial charge in [-0.25, -0.2) is 9.59 Å². The molecule has 0 radical (unpaired) electrons. The van der Waals surface area contributed by atoms with E-state index >= 15 is 0 Å². The highest BCUT2D eigenvalue weighted by Gasteiger charge is 2.29. The lowest BCUT2D eigenvalue weighted by Gasteiger charge is -2.26. The first-order chi connectivity index (χ1) is 27.4. The van der Waals surface area contributed by atoms with Crippen molar-refractivity contribution in [3.8, 4) is 62.1 Å². The smallest absolute Gasteiger partial charge is 0.336 e. The number of carbonyl (C=O) groups is 2. The summed E-state index contributed by atoms with van der Waals surface area (Å²) < 4.78 is 18.9. The first kappa shape index (κ1) is 37.7. The van der Waals surface area contributed by atoms with Crippen LogP contribution in [0.4, 0.5) is 0 Å². The molecule has 0 atom stereocenters. The minimum absolute atomic E-state index is 0.0612. The number of hydrogen-bond acceptors (Lipinski definition) is 8. The van der Waals surface area contributed by atoms with Crippen LogP contribution in [-0.4, -0.2) is 27.3 Å². The molecule has 2 aliphatic heterocycles. The fourth-order valence-electron chi connectivity index (χ4n) is 7.52. The average Bonchev–Trinajstić information content (AvgIpc) is 3.14. The number of carboxylic acid groups (broad SMARTS) is 2. The van der Waals surface area contributed by atoms with Crippen LogP contribution >= 0.6 is 0 Å². The molecule has 0 bridgehead atoms. The third-order valence-electron chi connectivity index (χ3n) is 10.4. The molecule has 3 N–H and O–H groups in total. The zero-order valence-corrected chi connectivity index (χ0v) is 32.5. The largest absolute Gasteiger partial charge is 0.508 e. The Bertz CT molecular complexity index is 3060. The second kappa shape index (κ2) is 13.5. The van der Waals surface area contributed by atoms with Gasteiger partial charge in [0.2, 0.25) is 0 Å². The van der Waals surface area contributed by atoms with Gasteiger partial charge in [0.15, 0.2) is 10.9 Å². The molecule has 0 spiro atoms. The molecule has 0 unspecified atom stereocenters. The van der Waals surface area contributed by atoms with Crippen molar-refractivity contribution in [3.05, 3.63) is 146 Å². The van der Waals surface area contributed by atoms with E-state index in [1.54, 1.807) is 54.6 Å². The molecule has 0 fully saturated rings. The Balaban J connectivity index is 1.34. The number of carboxylic acids is 2. The third-order valence-corrected chi connectivity index (χ3v) is 10.4. The molecule has 4 aromatic carbocycles. The van der Waals surface area contributed by atoms with Gasteiger partial charge in [0, 0.05) is 62.9 Å². The van der Waals surface area contributed by atoms with Gasteiger partial charge in [-0.15, -0.1) is 0 Å². The molecule has 58 heavy (non-hydrogen) atoms. The van der Waals surface area contributed by atoms with Crippen molar-refractivity contribution in [2.45, 2.75) is 52.4 Å². The Morgan fingerprint density at radius 2 is 1.09 bits per heavy atom.